The van der Waals surface area contributed by atoms with Crippen LogP contribution in [0.5, 0.6) is 5.75 Å². The molecule has 0 unspecified atom stereocenters. The Hall–Kier alpha value is -2.35. The molecule has 1 aromatic carbocycles. The van der Waals surface area contributed by atoms with Crippen LogP contribution >= 0.6 is 0 Å². The summed E-state index contributed by atoms with van der Waals surface area (Å²) in [6.45, 7) is 1.61. The number of nitrogens with zero attached hydrogens (tertiary/aromatic N) is 1. The third-order valence-corrected chi connectivity index (χ3v) is 3.26. The lowest BCUT2D eigenvalue weighted by Gasteiger charge is -2.23. The highest BCUT2D eigenvalue weighted by molar-refractivity contribution is 5.98. The maximum absolute atomic E-state index is 12.1. The summed E-state index contributed by atoms with van der Waals surface area (Å²) >= 11 is 0. The Balaban J connectivity index is 2.20. The van der Waals surface area contributed by atoms with Crippen molar-refractivity contribution >= 4 is 17.3 Å². The van der Waals surface area contributed by atoms with Gasteiger partial charge >= 0.3 is 0 Å². The third-order valence-electron chi connectivity index (χ3n) is 3.26. The Bertz CT molecular complexity index is 541. The van der Waals surface area contributed by atoms with Gasteiger partial charge in [-0.2, -0.15) is 0 Å². The number of nitro groups is 1. The van der Waals surface area contributed by atoms with Gasteiger partial charge in [0.15, 0.2) is 0 Å². The number of benzene rings is 1. The second-order valence-corrected chi connectivity index (χ2v) is 4.68. The summed E-state index contributed by atoms with van der Waals surface area (Å²) in [5.41, 5.74) is 4.73. The van der Waals surface area contributed by atoms with Crippen molar-refractivity contribution in [3.63, 3.8) is 0 Å². The number of hydrogen-bond donors (Lipinski definition) is 4. The van der Waals surface area contributed by atoms with E-state index in [1.54, 1.807) is 0 Å². The van der Waals surface area contributed by atoms with Crippen molar-refractivity contribution in [2.75, 3.05) is 18.8 Å². The molecular formula is C12H16N4O4. The molecule has 8 nitrogen and oxygen atoms in total. The molecule has 0 aromatic heterocycles. The van der Waals surface area contributed by atoms with Crippen molar-refractivity contribution < 1.29 is 14.8 Å². The minimum atomic E-state index is -0.684. The van der Waals surface area contributed by atoms with Crippen LogP contribution in [0, 0.1) is 10.1 Å². The highest BCUT2D eigenvalue weighted by Crippen LogP contribution is 2.29. The monoisotopic (exact) mass is 280 g/mol. The van der Waals surface area contributed by atoms with Crippen LogP contribution in [0.25, 0.3) is 0 Å². The summed E-state index contributed by atoms with van der Waals surface area (Å²) in [6, 6.07) is 2.02. The Labute approximate surface area is 115 Å². The molecule has 1 aliphatic heterocycles. The number of nitrogens with one attached hydrogen (secondary N) is 2. The van der Waals surface area contributed by atoms with Crippen LogP contribution in [0.4, 0.5) is 11.4 Å². The molecule has 1 fully saturated rings. The number of carbonyl (C=O) groups excluding carboxylic acids is 1. The summed E-state index contributed by atoms with van der Waals surface area (Å²) < 4.78 is 0. The first-order chi connectivity index (χ1) is 9.49. The maximum atomic E-state index is 12.1. The van der Waals surface area contributed by atoms with Crippen molar-refractivity contribution in [3.05, 3.63) is 27.8 Å². The van der Waals surface area contributed by atoms with E-state index in [2.05, 4.69) is 10.6 Å². The van der Waals surface area contributed by atoms with Gasteiger partial charge in [0.1, 0.15) is 11.4 Å². The predicted molar refractivity (Wildman–Crippen MR) is 72.5 cm³/mol. The van der Waals surface area contributed by atoms with Gasteiger partial charge in [0.25, 0.3) is 11.6 Å². The van der Waals surface area contributed by atoms with Gasteiger partial charge in [-0.1, -0.05) is 0 Å². The van der Waals surface area contributed by atoms with Crippen molar-refractivity contribution in [1.29, 1.82) is 0 Å². The van der Waals surface area contributed by atoms with Gasteiger partial charge < -0.3 is 21.5 Å². The zero-order valence-electron chi connectivity index (χ0n) is 10.8. The summed E-state index contributed by atoms with van der Waals surface area (Å²) in [4.78, 5) is 22.2. The van der Waals surface area contributed by atoms with Crippen molar-refractivity contribution in [2.24, 2.45) is 0 Å². The second kappa shape index (κ2) is 5.74. The molecule has 0 spiro atoms. The molecule has 0 radical (unpaired) electrons. The first-order valence-electron chi connectivity index (χ1n) is 6.27. The van der Waals surface area contributed by atoms with Gasteiger partial charge in [-0.15, -0.1) is 0 Å². The highest BCUT2D eigenvalue weighted by Gasteiger charge is 2.22. The fraction of sp³-hybridized carbons (Fsp3) is 0.417. The normalized spacial score (nSPS) is 15.8. The third kappa shape index (κ3) is 2.97. The zero-order chi connectivity index (χ0) is 14.7. The van der Waals surface area contributed by atoms with Gasteiger partial charge in [-0.25, -0.2) is 0 Å². The number of anilines is 1. The number of phenols is 1. The average molecular weight is 280 g/mol. The Morgan fingerprint density at radius 2 is 2.10 bits per heavy atom. The molecule has 2 rings (SSSR count). The van der Waals surface area contributed by atoms with Crippen LogP contribution in [-0.2, 0) is 0 Å². The van der Waals surface area contributed by atoms with E-state index in [4.69, 9.17) is 5.73 Å². The molecule has 108 valence electrons. The van der Waals surface area contributed by atoms with Gasteiger partial charge in [0.05, 0.1) is 10.5 Å². The first kappa shape index (κ1) is 14.1. The maximum Gasteiger partial charge on any atom is 0.293 e. The fourth-order valence-electron chi connectivity index (χ4n) is 2.16. The van der Waals surface area contributed by atoms with E-state index in [1.807, 2.05) is 0 Å². The highest BCUT2D eigenvalue weighted by atomic mass is 16.6. The van der Waals surface area contributed by atoms with Gasteiger partial charge in [0.2, 0.25) is 0 Å². The Morgan fingerprint density at radius 1 is 1.45 bits per heavy atom. The van der Waals surface area contributed by atoms with E-state index >= 15 is 0 Å². The largest absolute Gasteiger partial charge is 0.507 e. The van der Waals surface area contributed by atoms with E-state index in [-0.39, 0.29) is 23.0 Å². The second-order valence-electron chi connectivity index (χ2n) is 4.68. The van der Waals surface area contributed by atoms with E-state index in [0.717, 1.165) is 38.1 Å². The first-order valence-corrected chi connectivity index (χ1v) is 6.27. The fourth-order valence-corrected chi connectivity index (χ4v) is 2.16. The van der Waals surface area contributed by atoms with Crippen molar-refractivity contribution in [2.45, 2.75) is 18.9 Å². The molecule has 1 aromatic rings. The molecule has 0 bridgehead atoms. The number of rotatable bonds is 3. The van der Waals surface area contributed by atoms with Gasteiger partial charge in [-0.05, 0) is 25.9 Å². The van der Waals surface area contributed by atoms with E-state index in [9.17, 15) is 20.0 Å². The summed E-state index contributed by atoms with van der Waals surface area (Å²) in [5.74, 6) is -0.892. The predicted octanol–water partition coefficient (Wildman–Crippen LogP) is 0.364. The number of nitrogens with two attached hydrogens (primary N) is 1. The number of carbonyl (C=O) groups is 1. The number of hydrogen-bond acceptors (Lipinski definition) is 6. The smallest absolute Gasteiger partial charge is 0.293 e. The zero-order valence-corrected chi connectivity index (χ0v) is 10.8. The minimum absolute atomic E-state index is 0.000223. The summed E-state index contributed by atoms with van der Waals surface area (Å²) in [6.07, 6.45) is 1.56. The number of amides is 1. The van der Waals surface area contributed by atoms with E-state index in [1.165, 1.54) is 0 Å². The molecule has 8 heteroatoms. The van der Waals surface area contributed by atoms with Gasteiger partial charge in [-0.3, -0.25) is 14.9 Å². The van der Waals surface area contributed by atoms with Crippen LogP contribution in [-0.4, -0.2) is 35.1 Å². The lowest BCUT2D eigenvalue weighted by molar-refractivity contribution is -0.383. The molecule has 1 amide bonds. The molecule has 0 saturated carbocycles. The standard InChI is InChI=1S/C12H16N4O4/c13-9-6-11(17)8(5-10(9)16(19)20)12(18)15-7-1-3-14-4-2-7/h5-7,14,17H,1-4,13H2,(H,15,18). The SMILES string of the molecule is Nc1cc(O)c(C(=O)NC2CCNCC2)cc1[N+](=O)[O-]. The topological polar surface area (TPSA) is 131 Å². The van der Waals surface area contributed by atoms with Crippen LogP contribution in [0.3, 0.4) is 0 Å². The number of aromatic hydroxyl groups is 1. The van der Waals surface area contributed by atoms with Crippen LogP contribution < -0.4 is 16.4 Å². The van der Waals surface area contributed by atoms with E-state index < -0.39 is 16.5 Å². The summed E-state index contributed by atoms with van der Waals surface area (Å²) in [7, 11) is 0. The Kier molecular flexibility index (Phi) is 4.04. The van der Waals surface area contributed by atoms with Crippen LogP contribution in [0.1, 0.15) is 23.2 Å². The van der Waals surface area contributed by atoms with Gasteiger partial charge in [0, 0.05) is 18.2 Å². The van der Waals surface area contributed by atoms with Crippen LogP contribution in [0.2, 0.25) is 0 Å². The minimum Gasteiger partial charge on any atom is -0.507 e. The molecular weight excluding hydrogens is 264 g/mol. The lowest BCUT2D eigenvalue weighted by Crippen LogP contribution is -2.42. The molecule has 1 heterocycles. The molecule has 0 aliphatic carbocycles. The lowest BCUT2D eigenvalue weighted by atomic mass is 10.1. The number of phenolic OH excluding ortho intramolecular Hbond substituents is 1. The number of piperidine rings is 1. The van der Waals surface area contributed by atoms with E-state index in [0.29, 0.717) is 0 Å². The number of nitro benzene ring substituents is 1. The van der Waals surface area contributed by atoms with Crippen molar-refractivity contribution in [1.82, 2.24) is 10.6 Å². The Morgan fingerprint density at radius 3 is 2.70 bits per heavy atom. The molecule has 1 saturated heterocycles. The average Bonchev–Trinajstić information content (AvgIpc) is 2.39. The summed E-state index contributed by atoms with van der Waals surface area (Å²) in [5, 5.41) is 26.4. The molecule has 1 aliphatic rings. The van der Waals surface area contributed by atoms with Crippen LogP contribution in [0.15, 0.2) is 12.1 Å². The number of nitrogen functional groups attached to an aromatic ring is 1. The molecule has 5 N–H and O–H groups in total. The van der Waals surface area contributed by atoms with Crippen molar-refractivity contribution in [3.8, 4) is 5.75 Å². The molecule has 0 atom stereocenters. The molecule has 20 heavy (non-hydrogen) atoms. The quantitative estimate of drug-likeness (QED) is 0.359.